The molecule has 0 aliphatic carbocycles. The lowest BCUT2D eigenvalue weighted by atomic mass is 10.0. The number of aromatic nitrogens is 1. The van der Waals surface area contributed by atoms with E-state index in [9.17, 15) is 4.39 Å². The van der Waals surface area contributed by atoms with Crippen LogP contribution < -0.4 is 0 Å². The van der Waals surface area contributed by atoms with Gasteiger partial charge >= 0.3 is 0 Å². The highest BCUT2D eigenvalue weighted by Gasteiger charge is 2.17. The Labute approximate surface area is 94.5 Å². The second-order valence-electron chi connectivity index (χ2n) is 4.42. The lowest BCUT2D eigenvalue weighted by Gasteiger charge is -2.01. The van der Waals surface area contributed by atoms with Crippen LogP contribution in [0.25, 0.3) is 11.1 Å². The first kappa shape index (κ1) is 9.64. The zero-order valence-electron chi connectivity index (χ0n) is 9.33. The number of fused-ring (bicyclic) bond motifs is 1. The molecule has 1 aromatic carbocycles. The summed E-state index contributed by atoms with van der Waals surface area (Å²) in [5.41, 5.74) is 5.15. The van der Waals surface area contributed by atoms with E-state index in [4.69, 9.17) is 0 Å². The number of hydrogen-bond acceptors (Lipinski definition) is 0. The SMILES string of the molecule is Cc1c(-c2ccc(F)cc2)cn2c1CCC2. The average Bonchev–Trinajstić information content (AvgIpc) is 2.84. The maximum Gasteiger partial charge on any atom is 0.123 e. The molecule has 1 aliphatic heterocycles. The van der Waals surface area contributed by atoms with E-state index in [1.807, 2.05) is 12.1 Å². The molecule has 0 radical (unpaired) electrons. The highest BCUT2D eigenvalue weighted by molar-refractivity contribution is 5.68. The lowest BCUT2D eigenvalue weighted by molar-refractivity contribution is 0.628. The van der Waals surface area contributed by atoms with Crippen molar-refractivity contribution in [2.45, 2.75) is 26.3 Å². The summed E-state index contributed by atoms with van der Waals surface area (Å²) in [5.74, 6) is -0.173. The van der Waals surface area contributed by atoms with Gasteiger partial charge in [0.05, 0.1) is 0 Å². The topological polar surface area (TPSA) is 4.93 Å². The summed E-state index contributed by atoms with van der Waals surface area (Å²) in [6, 6.07) is 6.76. The summed E-state index contributed by atoms with van der Waals surface area (Å²) in [7, 11) is 0. The third kappa shape index (κ3) is 1.37. The highest BCUT2D eigenvalue weighted by Crippen LogP contribution is 2.31. The Balaban J connectivity index is 2.10. The monoisotopic (exact) mass is 215 g/mol. The van der Waals surface area contributed by atoms with E-state index in [1.165, 1.54) is 41.8 Å². The van der Waals surface area contributed by atoms with Crippen molar-refractivity contribution in [2.24, 2.45) is 0 Å². The molecule has 0 amide bonds. The van der Waals surface area contributed by atoms with Crippen molar-refractivity contribution in [1.82, 2.24) is 4.57 Å². The molecule has 0 bridgehead atoms. The van der Waals surface area contributed by atoms with Gasteiger partial charge in [-0.05, 0) is 43.0 Å². The predicted molar refractivity (Wildman–Crippen MR) is 62.9 cm³/mol. The molecule has 3 rings (SSSR count). The van der Waals surface area contributed by atoms with Crippen LogP contribution in [0, 0.1) is 12.7 Å². The maximum atomic E-state index is 12.9. The molecule has 2 heteroatoms. The Kier molecular flexibility index (Phi) is 2.10. The van der Waals surface area contributed by atoms with Crippen LogP contribution in [-0.4, -0.2) is 4.57 Å². The van der Waals surface area contributed by atoms with Crippen molar-refractivity contribution in [1.29, 1.82) is 0 Å². The Morgan fingerprint density at radius 3 is 2.62 bits per heavy atom. The van der Waals surface area contributed by atoms with E-state index in [0.717, 1.165) is 12.1 Å². The summed E-state index contributed by atoms with van der Waals surface area (Å²) >= 11 is 0. The lowest BCUT2D eigenvalue weighted by Crippen LogP contribution is -1.87. The third-order valence-electron chi connectivity index (χ3n) is 3.44. The van der Waals surface area contributed by atoms with Crippen LogP contribution in [0.1, 0.15) is 17.7 Å². The largest absolute Gasteiger partial charge is 0.351 e. The molecule has 0 atom stereocenters. The van der Waals surface area contributed by atoms with Crippen molar-refractivity contribution in [3.63, 3.8) is 0 Å². The Hall–Kier alpha value is -1.57. The highest BCUT2D eigenvalue weighted by atomic mass is 19.1. The molecule has 16 heavy (non-hydrogen) atoms. The minimum atomic E-state index is -0.173. The van der Waals surface area contributed by atoms with E-state index in [-0.39, 0.29) is 5.82 Å². The van der Waals surface area contributed by atoms with Gasteiger partial charge in [0.2, 0.25) is 0 Å². The quantitative estimate of drug-likeness (QED) is 0.685. The number of halogens is 1. The van der Waals surface area contributed by atoms with E-state index < -0.39 is 0 Å². The number of benzene rings is 1. The summed E-state index contributed by atoms with van der Waals surface area (Å²) in [5, 5.41) is 0. The summed E-state index contributed by atoms with van der Waals surface area (Å²) in [6.45, 7) is 3.28. The average molecular weight is 215 g/mol. The molecule has 2 aromatic rings. The smallest absolute Gasteiger partial charge is 0.123 e. The van der Waals surface area contributed by atoms with Crippen LogP contribution in [0.4, 0.5) is 4.39 Å². The molecule has 0 saturated carbocycles. The summed E-state index contributed by atoms with van der Waals surface area (Å²) in [4.78, 5) is 0. The van der Waals surface area contributed by atoms with Gasteiger partial charge in [-0.15, -0.1) is 0 Å². The van der Waals surface area contributed by atoms with Crippen LogP contribution in [0.15, 0.2) is 30.5 Å². The van der Waals surface area contributed by atoms with E-state index >= 15 is 0 Å². The van der Waals surface area contributed by atoms with Gasteiger partial charge < -0.3 is 4.57 Å². The number of aryl methyl sites for hydroxylation is 1. The molecule has 2 heterocycles. The molecule has 0 N–H and O–H groups in total. The number of rotatable bonds is 1. The van der Waals surface area contributed by atoms with Gasteiger partial charge in [0.25, 0.3) is 0 Å². The van der Waals surface area contributed by atoms with Crippen molar-refractivity contribution in [3.05, 3.63) is 47.5 Å². The molecule has 1 aliphatic rings. The molecular weight excluding hydrogens is 201 g/mol. The first-order chi connectivity index (χ1) is 7.75. The zero-order valence-corrected chi connectivity index (χ0v) is 9.33. The van der Waals surface area contributed by atoms with Gasteiger partial charge in [-0.25, -0.2) is 4.39 Å². The predicted octanol–water partition coefficient (Wildman–Crippen LogP) is 3.55. The van der Waals surface area contributed by atoms with Crippen LogP contribution in [0.5, 0.6) is 0 Å². The molecule has 0 fully saturated rings. The van der Waals surface area contributed by atoms with Gasteiger partial charge in [0.15, 0.2) is 0 Å². The summed E-state index contributed by atoms with van der Waals surface area (Å²) in [6.07, 6.45) is 4.62. The number of nitrogens with zero attached hydrogens (tertiary/aromatic N) is 1. The normalized spacial score (nSPS) is 14.1. The molecule has 1 nitrogen and oxygen atoms in total. The maximum absolute atomic E-state index is 12.9. The Morgan fingerprint density at radius 1 is 1.19 bits per heavy atom. The fourth-order valence-corrected chi connectivity index (χ4v) is 2.57. The Morgan fingerprint density at radius 2 is 1.94 bits per heavy atom. The van der Waals surface area contributed by atoms with Crippen LogP contribution >= 0.6 is 0 Å². The number of hydrogen-bond donors (Lipinski definition) is 0. The van der Waals surface area contributed by atoms with Gasteiger partial charge in [-0.2, -0.15) is 0 Å². The second kappa shape index (κ2) is 3.48. The van der Waals surface area contributed by atoms with Gasteiger partial charge in [0.1, 0.15) is 5.82 Å². The van der Waals surface area contributed by atoms with Crippen LogP contribution in [-0.2, 0) is 13.0 Å². The minimum absolute atomic E-state index is 0.173. The van der Waals surface area contributed by atoms with Crippen LogP contribution in [0.3, 0.4) is 0 Å². The van der Waals surface area contributed by atoms with E-state index in [0.29, 0.717) is 0 Å². The molecule has 0 unspecified atom stereocenters. The molecule has 82 valence electrons. The van der Waals surface area contributed by atoms with Crippen molar-refractivity contribution >= 4 is 0 Å². The second-order valence-corrected chi connectivity index (χ2v) is 4.42. The fourth-order valence-electron chi connectivity index (χ4n) is 2.57. The van der Waals surface area contributed by atoms with E-state index in [2.05, 4.69) is 17.7 Å². The van der Waals surface area contributed by atoms with Crippen molar-refractivity contribution < 1.29 is 4.39 Å². The fraction of sp³-hybridized carbons (Fsp3) is 0.286. The van der Waals surface area contributed by atoms with Crippen molar-refractivity contribution in [3.8, 4) is 11.1 Å². The zero-order chi connectivity index (χ0) is 11.1. The molecule has 1 aromatic heterocycles. The third-order valence-corrected chi connectivity index (χ3v) is 3.44. The minimum Gasteiger partial charge on any atom is -0.351 e. The first-order valence-corrected chi connectivity index (χ1v) is 5.70. The van der Waals surface area contributed by atoms with Crippen LogP contribution in [0.2, 0.25) is 0 Å². The van der Waals surface area contributed by atoms with E-state index in [1.54, 1.807) is 0 Å². The van der Waals surface area contributed by atoms with Crippen molar-refractivity contribution in [2.75, 3.05) is 0 Å². The molecule has 0 saturated heterocycles. The standard InChI is InChI=1S/C14H14FN/c1-10-13(9-16-8-2-3-14(10)16)11-4-6-12(15)7-5-11/h4-7,9H,2-3,8H2,1H3. The van der Waals surface area contributed by atoms with Gasteiger partial charge in [0, 0.05) is 24.0 Å². The van der Waals surface area contributed by atoms with Gasteiger partial charge in [-0.3, -0.25) is 0 Å². The van der Waals surface area contributed by atoms with Gasteiger partial charge in [-0.1, -0.05) is 12.1 Å². The Bertz CT molecular complexity index is 522. The first-order valence-electron chi connectivity index (χ1n) is 5.70. The molecular formula is C14H14FN. The summed E-state index contributed by atoms with van der Waals surface area (Å²) < 4.78 is 15.2. The molecule has 0 spiro atoms.